The third kappa shape index (κ3) is 3.15. The summed E-state index contributed by atoms with van der Waals surface area (Å²) in [6.45, 7) is 1.10. The van der Waals surface area contributed by atoms with Crippen molar-refractivity contribution in [3.63, 3.8) is 0 Å². The molecule has 2 aromatic rings. The smallest absolute Gasteiger partial charge is 0.0449 e. The van der Waals surface area contributed by atoms with Crippen molar-refractivity contribution in [2.75, 3.05) is 6.61 Å². The van der Waals surface area contributed by atoms with E-state index in [9.17, 15) is 0 Å². The third-order valence-corrected chi connectivity index (χ3v) is 4.27. The molecule has 0 saturated carbocycles. The predicted molar refractivity (Wildman–Crippen MR) is 69.9 cm³/mol. The molecule has 0 spiro atoms. The average Bonchev–Trinajstić information content (AvgIpc) is 2.96. The summed E-state index contributed by atoms with van der Waals surface area (Å²) in [6, 6.07) is 8.63. The van der Waals surface area contributed by atoms with Crippen molar-refractivity contribution in [3.8, 4) is 0 Å². The van der Waals surface area contributed by atoms with Gasteiger partial charge in [-0.1, -0.05) is 12.1 Å². The largest absolute Gasteiger partial charge is 0.396 e. The Labute approximate surface area is 104 Å². The number of hydrogen-bond acceptors (Lipinski definition) is 4. The van der Waals surface area contributed by atoms with E-state index < -0.39 is 0 Å². The van der Waals surface area contributed by atoms with Crippen LogP contribution in [0.2, 0.25) is 0 Å². The van der Waals surface area contributed by atoms with Gasteiger partial charge in [-0.05, 0) is 29.3 Å². The normalized spacial score (nSPS) is 12.8. The van der Waals surface area contributed by atoms with Crippen LogP contribution in [-0.2, 0) is 6.54 Å². The highest BCUT2D eigenvalue weighted by Gasteiger charge is 2.11. The van der Waals surface area contributed by atoms with E-state index in [1.165, 1.54) is 9.75 Å². The molecule has 16 heavy (non-hydrogen) atoms. The molecule has 0 amide bonds. The molecule has 2 aromatic heterocycles. The molecule has 0 bridgehead atoms. The predicted octanol–water partition coefficient (Wildman–Crippen LogP) is 3.02. The minimum atomic E-state index is 0.222. The fourth-order valence-electron chi connectivity index (χ4n) is 1.60. The highest BCUT2D eigenvalue weighted by atomic mass is 32.1. The zero-order valence-electron chi connectivity index (χ0n) is 8.93. The summed E-state index contributed by atoms with van der Waals surface area (Å²) in [6.07, 6.45) is 0.770. The molecule has 2 rings (SSSR count). The van der Waals surface area contributed by atoms with Crippen LogP contribution < -0.4 is 5.32 Å². The Morgan fingerprint density at radius 3 is 2.62 bits per heavy atom. The van der Waals surface area contributed by atoms with Gasteiger partial charge in [0, 0.05) is 28.9 Å². The SMILES string of the molecule is OCCC(NCc1cccs1)c1cccs1. The highest BCUT2D eigenvalue weighted by Crippen LogP contribution is 2.22. The van der Waals surface area contributed by atoms with Crippen LogP contribution in [0.1, 0.15) is 22.2 Å². The van der Waals surface area contributed by atoms with E-state index in [1.54, 1.807) is 22.7 Å². The average molecular weight is 253 g/mol. The van der Waals surface area contributed by atoms with Crippen LogP contribution in [0.3, 0.4) is 0 Å². The van der Waals surface area contributed by atoms with Crippen LogP contribution in [0.4, 0.5) is 0 Å². The molecule has 2 heterocycles. The topological polar surface area (TPSA) is 32.3 Å². The van der Waals surface area contributed by atoms with Gasteiger partial charge in [0.05, 0.1) is 0 Å². The van der Waals surface area contributed by atoms with E-state index in [0.29, 0.717) is 0 Å². The molecule has 0 aliphatic heterocycles. The summed E-state index contributed by atoms with van der Waals surface area (Å²) in [7, 11) is 0. The van der Waals surface area contributed by atoms with Gasteiger partial charge >= 0.3 is 0 Å². The molecular weight excluding hydrogens is 238 g/mol. The first-order chi connectivity index (χ1) is 7.90. The monoisotopic (exact) mass is 253 g/mol. The van der Waals surface area contributed by atoms with Crippen molar-refractivity contribution in [2.45, 2.75) is 19.0 Å². The summed E-state index contributed by atoms with van der Waals surface area (Å²) in [5.41, 5.74) is 0. The van der Waals surface area contributed by atoms with E-state index >= 15 is 0 Å². The Kier molecular flexibility index (Phi) is 4.54. The van der Waals surface area contributed by atoms with Crippen LogP contribution >= 0.6 is 22.7 Å². The van der Waals surface area contributed by atoms with Crippen LogP contribution in [0.25, 0.3) is 0 Å². The van der Waals surface area contributed by atoms with E-state index in [1.807, 2.05) is 0 Å². The standard InChI is InChI=1S/C12H15NOS2/c14-6-5-11(12-4-2-8-16-12)13-9-10-3-1-7-15-10/h1-4,7-8,11,13-14H,5-6,9H2. The first kappa shape index (κ1) is 11.8. The molecule has 1 unspecified atom stereocenters. The first-order valence-corrected chi connectivity index (χ1v) is 7.06. The molecule has 0 fully saturated rings. The Hall–Kier alpha value is -0.680. The molecular formula is C12H15NOS2. The van der Waals surface area contributed by atoms with Gasteiger partial charge < -0.3 is 10.4 Å². The number of hydrogen-bond donors (Lipinski definition) is 2. The summed E-state index contributed by atoms with van der Waals surface area (Å²) < 4.78 is 0. The minimum Gasteiger partial charge on any atom is -0.396 e. The zero-order valence-corrected chi connectivity index (χ0v) is 10.6. The van der Waals surface area contributed by atoms with E-state index in [-0.39, 0.29) is 12.6 Å². The minimum absolute atomic E-state index is 0.222. The molecule has 0 radical (unpaired) electrons. The summed E-state index contributed by atoms with van der Waals surface area (Å²) >= 11 is 3.50. The maximum atomic E-state index is 9.06. The second kappa shape index (κ2) is 6.15. The molecule has 0 saturated heterocycles. The van der Waals surface area contributed by atoms with E-state index in [0.717, 1.165) is 13.0 Å². The highest BCUT2D eigenvalue weighted by molar-refractivity contribution is 7.10. The summed E-state index contributed by atoms with van der Waals surface area (Å²) in [5, 5.41) is 16.7. The van der Waals surface area contributed by atoms with Gasteiger partial charge in [0.25, 0.3) is 0 Å². The molecule has 0 aliphatic rings. The molecule has 2 N–H and O–H groups in total. The van der Waals surface area contributed by atoms with Crippen molar-refractivity contribution in [1.29, 1.82) is 0 Å². The van der Waals surface area contributed by atoms with Crippen LogP contribution in [-0.4, -0.2) is 11.7 Å². The molecule has 1 atom stereocenters. The third-order valence-electron chi connectivity index (χ3n) is 2.41. The number of thiophene rings is 2. The molecule has 0 aliphatic carbocycles. The second-order valence-electron chi connectivity index (χ2n) is 3.54. The Balaban J connectivity index is 1.93. The van der Waals surface area contributed by atoms with Crippen molar-refractivity contribution < 1.29 is 5.11 Å². The maximum absolute atomic E-state index is 9.06. The van der Waals surface area contributed by atoms with Crippen molar-refractivity contribution in [2.24, 2.45) is 0 Å². The van der Waals surface area contributed by atoms with Crippen molar-refractivity contribution >= 4 is 22.7 Å². The van der Waals surface area contributed by atoms with Crippen molar-refractivity contribution in [3.05, 3.63) is 44.8 Å². The number of aliphatic hydroxyl groups excluding tert-OH is 1. The molecule has 0 aromatic carbocycles. The summed E-state index contributed by atoms with van der Waals surface area (Å²) in [4.78, 5) is 2.63. The van der Waals surface area contributed by atoms with E-state index in [4.69, 9.17) is 5.11 Å². The van der Waals surface area contributed by atoms with Crippen LogP contribution in [0.5, 0.6) is 0 Å². The van der Waals surface area contributed by atoms with Gasteiger partial charge in [0.2, 0.25) is 0 Å². The first-order valence-electron chi connectivity index (χ1n) is 5.30. The lowest BCUT2D eigenvalue weighted by molar-refractivity contribution is 0.266. The van der Waals surface area contributed by atoms with Gasteiger partial charge in [-0.3, -0.25) is 0 Å². The van der Waals surface area contributed by atoms with E-state index in [2.05, 4.69) is 40.3 Å². The number of aliphatic hydroxyl groups is 1. The number of nitrogens with one attached hydrogen (secondary N) is 1. The Morgan fingerprint density at radius 1 is 1.19 bits per heavy atom. The lowest BCUT2D eigenvalue weighted by atomic mass is 10.2. The van der Waals surface area contributed by atoms with Gasteiger partial charge in [0.15, 0.2) is 0 Å². The van der Waals surface area contributed by atoms with Crippen LogP contribution in [0.15, 0.2) is 35.0 Å². The summed E-state index contributed by atoms with van der Waals surface area (Å²) in [5.74, 6) is 0. The Morgan fingerprint density at radius 2 is 2.00 bits per heavy atom. The second-order valence-corrected chi connectivity index (χ2v) is 5.55. The van der Waals surface area contributed by atoms with Gasteiger partial charge in [-0.2, -0.15) is 0 Å². The molecule has 86 valence electrons. The fraction of sp³-hybridized carbons (Fsp3) is 0.333. The quantitative estimate of drug-likeness (QED) is 0.829. The lowest BCUT2D eigenvalue weighted by Gasteiger charge is -2.15. The van der Waals surface area contributed by atoms with Gasteiger partial charge in [-0.15, -0.1) is 22.7 Å². The zero-order chi connectivity index (χ0) is 11.2. The van der Waals surface area contributed by atoms with Crippen LogP contribution in [0, 0.1) is 0 Å². The van der Waals surface area contributed by atoms with Gasteiger partial charge in [-0.25, -0.2) is 0 Å². The number of rotatable bonds is 6. The molecule has 2 nitrogen and oxygen atoms in total. The lowest BCUT2D eigenvalue weighted by Crippen LogP contribution is -2.20. The maximum Gasteiger partial charge on any atom is 0.0449 e. The van der Waals surface area contributed by atoms with Gasteiger partial charge in [0.1, 0.15) is 0 Å². The fourth-order valence-corrected chi connectivity index (χ4v) is 3.09. The molecule has 4 heteroatoms. The van der Waals surface area contributed by atoms with Crippen molar-refractivity contribution in [1.82, 2.24) is 5.32 Å². The Bertz CT molecular complexity index is 383.